The number of imidazole rings is 1. The second-order valence-electron chi connectivity index (χ2n) is 5.62. The highest BCUT2D eigenvalue weighted by molar-refractivity contribution is 5.91. The van der Waals surface area contributed by atoms with Gasteiger partial charge in [0.05, 0.1) is 17.7 Å². The Morgan fingerprint density at radius 1 is 1.32 bits per heavy atom. The van der Waals surface area contributed by atoms with Crippen molar-refractivity contribution in [2.75, 3.05) is 18.9 Å². The van der Waals surface area contributed by atoms with Crippen LogP contribution in [-0.2, 0) is 6.54 Å². The van der Waals surface area contributed by atoms with Crippen LogP contribution in [0.15, 0.2) is 55.4 Å². The Labute approximate surface area is 144 Å². The number of rotatable bonds is 6. The van der Waals surface area contributed by atoms with E-state index in [1.807, 2.05) is 10.8 Å². The van der Waals surface area contributed by atoms with Crippen molar-refractivity contribution in [3.05, 3.63) is 61.2 Å². The van der Waals surface area contributed by atoms with Crippen LogP contribution in [-0.4, -0.2) is 43.9 Å². The van der Waals surface area contributed by atoms with Crippen LogP contribution in [0.1, 0.15) is 6.42 Å². The van der Waals surface area contributed by atoms with Crippen molar-refractivity contribution in [1.82, 2.24) is 24.2 Å². The van der Waals surface area contributed by atoms with Gasteiger partial charge >= 0.3 is 6.03 Å². The number of aryl methyl sites for hydroxylation is 1. The van der Waals surface area contributed by atoms with Crippen LogP contribution < -0.4 is 5.32 Å². The lowest BCUT2D eigenvalue weighted by Gasteiger charge is -2.19. The lowest BCUT2D eigenvalue weighted by atomic mass is 10.2. The van der Waals surface area contributed by atoms with E-state index in [2.05, 4.69) is 15.4 Å². The van der Waals surface area contributed by atoms with E-state index in [1.54, 1.807) is 53.7 Å². The number of aromatic nitrogens is 4. The molecule has 3 rings (SSSR count). The van der Waals surface area contributed by atoms with E-state index in [4.69, 9.17) is 0 Å². The first-order valence-electron chi connectivity index (χ1n) is 7.91. The minimum absolute atomic E-state index is 0.301. The van der Waals surface area contributed by atoms with Crippen LogP contribution in [0, 0.1) is 5.82 Å². The number of nitrogens with zero attached hydrogens (tertiary/aromatic N) is 5. The van der Waals surface area contributed by atoms with Crippen LogP contribution in [0.25, 0.3) is 5.69 Å². The Morgan fingerprint density at radius 3 is 2.92 bits per heavy atom. The van der Waals surface area contributed by atoms with E-state index >= 15 is 0 Å². The Morgan fingerprint density at radius 2 is 2.20 bits per heavy atom. The van der Waals surface area contributed by atoms with Crippen molar-refractivity contribution < 1.29 is 9.18 Å². The van der Waals surface area contributed by atoms with Crippen LogP contribution in [0.3, 0.4) is 0 Å². The molecule has 3 aromatic rings. The maximum atomic E-state index is 13.6. The Kier molecular flexibility index (Phi) is 5.08. The molecule has 0 aliphatic rings. The smallest absolute Gasteiger partial charge is 0.321 e. The third-order valence-electron chi connectivity index (χ3n) is 3.77. The minimum Gasteiger partial charge on any atom is -0.337 e. The van der Waals surface area contributed by atoms with E-state index in [-0.39, 0.29) is 6.03 Å². The number of amides is 2. The van der Waals surface area contributed by atoms with Crippen LogP contribution in [0.4, 0.5) is 14.9 Å². The molecule has 0 fully saturated rings. The summed E-state index contributed by atoms with van der Waals surface area (Å²) in [5.41, 5.74) is 0.974. The van der Waals surface area contributed by atoms with E-state index in [9.17, 15) is 9.18 Å². The minimum atomic E-state index is -0.422. The molecule has 7 nitrogen and oxygen atoms in total. The van der Waals surface area contributed by atoms with Crippen molar-refractivity contribution in [2.45, 2.75) is 13.0 Å². The number of hydrogen-bond acceptors (Lipinski definition) is 3. The molecule has 2 amide bonds. The van der Waals surface area contributed by atoms with E-state index < -0.39 is 5.82 Å². The number of anilines is 1. The summed E-state index contributed by atoms with van der Waals surface area (Å²) in [4.78, 5) is 17.9. The van der Waals surface area contributed by atoms with Gasteiger partial charge in [-0.3, -0.25) is 0 Å². The fourth-order valence-electron chi connectivity index (χ4n) is 2.44. The highest BCUT2D eigenvalue weighted by Crippen LogP contribution is 2.21. The third-order valence-corrected chi connectivity index (χ3v) is 3.77. The van der Waals surface area contributed by atoms with Gasteiger partial charge in [0.1, 0.15) is 5.82 Å². The molecule has 25 heavy (non-hydrogen) atoms. The van der Waals surface area contributed by atoms with Crippen molar-refractivity contribution in [2.24, 2.45) is 0 Å². The summed E-state index contributed by atoms with van der Waals surface area (Å²) in [6.07, 6.45) is 9.48. The number of benzene rings is 1. The first kappa shape index (κ1) is 16.7. The largest absolute Gasteiger partial charge is 0.337 e. The van der Waals surface area contributed by atoms with Crippen LogP contribution >= 0.6 is 0 Å². The molecule has 0 saturated carbocycles. The number of halogens is 1. The van der Waals surface area contributed by atoms with Gasteiger partial charge in [0.2, 0.25) is 0 Å². The van der Waals surface area contributed by atoms with Gasteiger partial charge in [0, 0.05) is 44.9 Å². The van der Waals surface area contributed by atoms with Crippen LogP contribution in [0.5, 0.6) is 0 Å². The lowest BCUT2D eigenvalue weighted by Crippen LogP contribution is -2.33. The van der Waals surface area contributed by atoms with Crippen molar-refractivity contribution in [1.29, 1.82) is 0 Å². The third kappa shape index (κ3) is 4.23. The van der Waals surface area contributed by atoms with Gasteiger partial charge in [-0.2, -0.15) is 5.10 Å². The normalized spacial score (nSPS) is 10.6. The molecule has 0 unspecified atom stereocenters. The van der Waals surface area contributed by atoms with Gasteiger partial charge in [0.15, 0.2) is 0 Å². The molecular formula is C17H19FN6O. The Bertz CT molecular complexity index is 816. The summed E-state index contributed by atoms with van der Waals surface area (Å²) < 4.78 is 17.1. The topological polar surface area (TPSA) is 68.0 Å². The molecule has 0 bridgehead atoms. The first-order valence-corrected chi connectivity index (χ1v) is 7.91. The van der Waals surface area contributed by atoms with Gasteiger partial charge in [-0.25, -0.2) is 18.9 Å². The Balaban J connectivity index is 1.63. The molecule has 0 atom stereocenters. The summed E-state index contributed by atoms with van der Waals surface area (Å²) in [6.45, 7) is 1.34. The number of nitrogens with one attached hydrogen (secondary N) is 1. The highest BCUT2D eigenvalue weighted by atomic mass is 19.1. The highest BCUT2D eigenvalue weighted by Gasteiger charge is 2.13. The van der Waals surface area contributed by atoms with Crippen LogP contribution in [0.2, 0.25) is 0 Å². The molecule has 130 valence electrons. The zero-order chi connectivity index (χ0) is 17.6. The summed E-state index contributed by atoms with van der Waals surface area (Å²) in [7, 11) is 1.70. The number of carbonyl (C=O) groups is 1. The predicted octanol–water partition coefficient (Wildman–Crippen LogP) is 2.76. The zero-order valence-electron chi connectivity index (χ0n) is 13.8. The first-order chi connectivity index (χ1) is 12.1. The molecule has 1 aromatic carbocycles. The summed E-state index contributed by atoms with van der Waals surface area (Å²) in [5, 5.41) is 6.88. The average Bonchev–Trinajstić information content (AvgIpc) is 3.28. The molecule has 1 N–H and O–H groups in total. The van der Waals surface area contributed by atoms with E-state index in [0.717, 1.165) is 13.0 Å². The van der Waals surface area contributed by atoms with Gasteiger partial charge < -0.3 is 14.8 Å². The zero-order valence-corrected chi connectivity index (χ0v) is 13.8. The standard InChI is InChI=1S/C17H19FN6O/c1-22(8-3-9-23-11-7-19-13-23)17(25)21-15-12-14(18)4-5-16(15)24-10-2-6-20-24/h2,4-7,10-13H,3,8-9H2,1H3,(H,21,25). The predicted molar refractivity (Wildman–Crippen MR) is 92.0 cm³/mol. The summed E-state index contributed by atoms with van der Waals surface area (Å²) in [5.74, 6) is -0.422. The fourth-order valence-corrected chi connectivity index (χ4v) is 2.44. The molecule has 0 radical (unpaired) electrons. The molecule has 2 aromatic heterocycles. The molecule has 2 heterocycles. The molecule has 8 heteroatoms. The van der Waals surface area contributed by atoms with Gasteiger partial charge in [-0.15, -0.1) is 0 Å². The second-order valence-corrected chi connectivity index (χ2v) is 5.62. The summed E-state index contributed by atoms with van der Waals surface area (Å²) >= 11 is 0. The number of urea groups is 1. The SMILES string of the molecule is CN(CCCn1ccnc1)C(=O)Nc1cc(F)ccc1-n1cccn1. The fraction of sp³-hybridized carbons (Fsp3) is 0.235. The molecular weight excluding hydrogens is 323 g/mol. The van der Waals surface area contributed by atoms with Crippen molar-refractivity contribution >= 4 is 11.7 Å². The molecule has 0 aliphatic heterocycles. The maximum absolute atomic E-state index is 13.6. The van der Waals surface area contributed by atoms with Crippen molar-refractivity contribution in [3.8, 4) is 5.69 Å². The van der Waals surface area contributed by atoms with Gasteiger partial charge in [-0.1, -0.05) is 0 Å². The Hall–Kier alpha value is -3.16. The van der Waals surface area contributed by atoms with E-state index in [0.29, 0.717) is 17.9 Å². The monoisotopic (exact) mass is 342 g/mol. The number of hydrogen-bond donors (Lipinski definition) is 1. The number of carbonyl (C=O) groups excluding carboxylic acids is 1. The lowest BCUT2D eigenvalue weighted by molar-refractivity contribution is 0.221. The molecule has 0 spiro atoms. The molecule has 0 aliphatic carbocycles. The summed E-state index contributed by atoms with van der Waals surface area (Å²) in [6, 6.07) is 5.66. The maximum Gasteiger partial charge on any atom is 0.321 e. The van der Waals surface area contributed by atoms with Gasteiger partial charge in [0.25, 0.3) is 0 Å². The quantitative estimate of drug-likeness (QED) is 0.749. The van der Waals surface area contributed by atoms with Gasteiger partial charge in [-0.05, 0) is 30.7 Å². The van der Waals surface area contributed by atoms with Crippen molar-refractivity contribution in [3.63, 3.8) is 0 Å². The second kappa shape index (κ2) is 7.61. The average molecular weight is 342 g/mol. The molecule has 0 saturated heterocycles. The van der Waals surface area contributed by atoms with E-state index in [1.165, 1.54) is 12.1 Å².